The summed E-state index contributed by atoms with van der Waals surface area (Å²) in [5, 5.41) is 5.52. The zero-order chi connectivity index (χ0) is 26.2. The van der Waals surface area contributed by atoms with Gasteiger partial charge in [-0.15, -0.1) is 0 Å². The van der Waals surface area contributed by atoms with E-state index < -0.39 is 6.04 Å². The Hall–Kier alpha value is -3.83. The molecule has 0 aromatic heterocycles. The van der Waals surface area contributed by atoms with Gasteiger partial charge < -0.3 is 15.0 Å². The summed E-state index contributed by atoms with van der Waals surface area (Å²) >= 11 is 6.24. The van der Waals surface area contributed by atoms with Crippen LogP contribution < -0.4 is 10.1 Å². The zero-order valence-corrected chi connectivity index (χ0v) is 21.8. The van der Waals surface area contributed by atoms with E-state index in [4.69, 9.17) is 16.3 Å². The highest BCUT2D eigenvalue weighted by atomic mass is 35.5. The van der Waals surface area contributed by atoms with E-state index >= 15 is 0 Å². The maximum atomic E-state index is 13.8. The van der Waals surface area contributed by atoms with Crippen LogP contribution in [0.1, 0.15) is 25.0 Å². The monoisotopic (exact) mass is 514 g/mol. The average Bonchev–Trinajstić information content (AvgIpc) is 2.89. The van der Waals surface area contributed by atoms with E-state index in [1.165, 1.54) is 0 Å². The number of hydrogen-bond donors (Lipinski definition) is 1. The predicted molar refractivity (Wildman–Crippen MR) is 149 cm³/mol. The summed E-state index contributed by atoms with van der Waals surface area (Å²) in [6.45, 7) is 3.84. The third kappa shape index (κ3) is 7.11. The first kappa shape index (κ1) is 26.2. The number of nitrogens with one attached hydrogen (secondary N) is 1. The fourth-order valence-electron chi connectivity index (χ4n) is 4.31. The molecule has 0 aliphatic heterocycles. The second-order valence-electron chi connectivity index (χ2n) is 9.29. The van der Waals surface area contributed by atoms with Crippen LogP contribution in [0.2, 0.25) is 5.02 Å². The minimum absolute atomic E-state index is 0.0687. The summed E-state index contributed by atoms with van der Waals surface area (Å²) in [7, 11) is 0. The van der Waals surface area contributed by atoms with Gasteiger partial charge in [0.2, 0.25) is 5.91 Å². The van der Waals surface area contributed by atoms with Crippen molar-refractivity contribution in [2.75, 3.05) is 6.61 Å². The van der Waals surface area contributed by atoms with Crippen LogP contribution in [0.15, 0.2) is 97.1 Å². The quantitative estimate of drug-likeness (QED) is 0.281. The van der Waals surface area contributed by atoms with Gasteiger partial charge in [-0.25, -0.2) is 0 Å². The molecule has 4 aromatic carbocycles. The van der Waals surface area contributed by atoms with Crippen LogP contribution in [-0.4, -0.2) is 35.4 Å². The molecule has 2 amide bonds. The molecule has 1 N–H and O–H groups in total. The van der Waals surface area contributed by atoms with Crippen LogP contribution in [-0.2, 0) is 22.6 Å². The first-order valence-corrected chi connectivity index (χ1v) is 12.8. The number of carbonyl (C=O) groups excluding carboxylic acids is 2. The molecule has 0 heterocycles. The average molecular weight is 515 g/mol. The van der Waals surface area contributed by atoms with E-state index in [2.05, 4.69) is 5.32 Å². The highest BCUT2D eigenvalue weighted by molar-refractivity contribution is 6.30. The molecular formula is C31H31ClN2O3. The fraction of sp³-hybridized carbons (Fsp3) is 0.226. The Morgan fingerprint density at radius 1 is 0.865 bits per heavy atom. The zero-order valence-electron chi connectivity index (χ0n) is 21.1. The standard InChI is InChI=1S/C31H31ClN2O3/c1-22(2)33-31(36)28(19-23-10-4-3-5-11-23)34(20-24-12-8-15-26(32)18-24)30(35)21-37-29-17-9-14-25-13-6-7-16-27(25)29/h3-18,22,28H,19-21H2,1-2H3,(H,33,36)/t28-/m0/s1. The number of amides is 2. The molecular weight excluding hydrogens is 484 g/mol. The second-order valence-corrected chi connectivity index (χ2v) is 9.72. The summed E-state index contributed by atoms with van der Waals surface area (Å²) in [6, 6.07) is 29.9. The Balaban J connectivity index is 1.64. The minimum atomic E-state index is -0.729. The Labute approximate surface area is 223 Å². The van der Waals surface area contributed by atoms with Crippen LogP contribution in [0.3, 0.4) is 0 Å². The first-order valence-electron chi connectivity index (χ1n) is 12.4. The molecule has 4 aromatic rings. The lowest BCUT2D eigenvalue weighted by Gasteiger charge is -2.32. The van der Waals surface area contributed by atoms with Crippen molar-refractivity contribution in [3.05, 3.63) is 113 Å². The molecule has 0 bridgehead atoms. The third-order valence-electron chi connectivity index (χ3n) is 6.04. The highest BCUT2D eigenvalue weighted by Gasteiger charge is 2.31. The Morgan fingerprint density at radius 3 is 2.30 bits per heavy atom. The van der Waals surface area contributed by atoms with Crippen molar-refractivity contribution in [3.63, 3.8) is 0 Å². The number of hydrogen-bond acceptors (Lipinski definition) is 3. The van der Waals surface area contributed by atoms with Crippen molar-refractivity contribution in [1.29, 1.82) is 0 Å². The molecule has 37 heavy (non-hydrogen) atoms. The van der Waals surface area contributed by atoms with Gasteiger partial charge in [-0.3, -0.25) is 9.59 Å². The largest absolute Gasteiger partial charge is 0.483 e. The number of rotatable bonds is 10. The Morgan fingerprint density at radius 2 is 1.54 bits per heavy atom. The predicted octanol–water partition coefficient (Wildman–Crippen LogP) is 6.04. The molecule has 0 aliphatic rings. The van der Waals surface area contributed by atoms with Gasteiger partial charge in [-0.1, -0.05) is 90.5 Å². The number of benzene rings is 4. The van der Waals surface area contributed by atoms with Gasteiger partial charge in [-0.05, 0) is 48.6 Å². The number of nitrogens with zero attached hydrogens (tertiary/aromatic N) is 1. The van der Waals surface area contributed by atoms with E-state index in [0.29, 0.717) is 17.2 Å². The van der Waals surface area contributed by atoms with E-state index in [1.54, 1.807) is 11.0 Å². The van der Waals surface area contributed by atoms with Crippen molar-refractivity contribution in [2.24, 2.45) is 0 Å². The molecule has 0 unspecified atom stereocenters. The molecule has 0 saturated heterocycles. The number of halogens is 1. The maximum Gasteiger partial charge on any atom is 0.261 e. The summed E-state index contributed by atoms with van der Waals surface area (Å²) in [5.41, 5.74) is 1.80. The van der Waals surface area contributed by atoms with Gasteiger partial charge in [-0.2, -0.15) is 0 Å². The summed E-state index contributed by atoms with van der Waals surface area (Å²) in [6.07, 6.45) is 0.375. The number of fused-ring (bicyclic) bond motifs is 1. The van der Waals surface area contributed by atoms with Crippen molar-refractivity contribution >= 4 is 34.2 Å². The van der Waals surface area contributed by atoms with Gasteiger partial charge in [0.25, 0.3) is 5.91 Å². The number of carbonyl (C=O) groups is 2. The van der Waals surface area contributed by atoms with Crippen molar-refractivity contribution < 1.29 is 14.3 Å². The van der Waals surface area contributed by atoms with Crippen LogP contribution in [0.25, 0.3) is 10.8 Å². The molecule has 6 heteroatoms. The van der Waals surface area contributed by atoms with Crippen molar-refractivity contribution in [2.45, 2.75) is 38.9 Å². The van der Waals surface area contributed by atoms with E-state index in [1.807, 2.05) is 105 Å². The van der Waals surface area contributed by atoms with Gasteiger partial charge in [0.05, 0.1) is 0 Å². The molecule has 0 aliphatic carbocycles. The fourth-order valence-corrected chi connectivity index (χ4v) is 4.52. The number of ether oxygens (including phenoxy) is 1. The van der Waals surface area contributed by atoms with Gasteiger partial charge >= 0.3 is 0 Å². The second kappa shape index (κ2) is 12.4. The van der Waals surface area contributed by atoms with E-state index in [-0.39, 0.29) is 31.0 Å². The lowest BCUT2D eigenvalue weighted by Crippen LogP contribution is -2.52. The SMILES string of the molecule is CC(C)NC(=O)[C@H](Cc1ccccc1)N(Cc1cccc(Cl)c1)C(=O)COc1cccc2ccccc12. The van der Waals surface area contributed by atoms with Crippen LogP contribution >= 0.6 is 11.6 Å². The smallest absolute Gasteiger partial charge is 0.261 e. The normalized spacial score (nSPS) is 11.8. The maximum absolute atomic E-state index is 13.8. The first-order chi connectivity index (χ1) is 17.9. The van der Waals surface area contributed by atoms with Crippen LogP contribution in [0.5, 0.6) is 5.75 Å². The van der Waals surface area contributed by atoms with Crippen molar-refractivity contribution in [1.82, 2.24) is 10.2 Å². The lowest BCUT2D eigenvalue weighted by atomic mass is 10.0. The minimum Gasteiger partial charge on any atom is -0.483 e. The molecule has 190 valence electrons. The molecule has 0 saturated carbocycles. The third-order valence-corrected chi connectivity index (χ3v) is 6.28. The molecule has 1 atom stereocenters. The van der Waals surface area contributed by atoms with E-state index in [9.17, 15) is 9.59 Å². The lowest BCUT2D eigenvalue weighted by molar-refractivity contribution is -0.143. The molecule has 0 radical (unpaired) electrons. The van der Waals surface area contributed by atoms with Gasteiger partial charge in [0.15, 0.2) is 6.61 Å². The molecule has 0 fully saturated rings. The van der Waals surface area contributed by atoms with Gasteiger partial charge in [0, 0.05) is 29.4 Å². The topological polar surface area (TPSA) is 58.6 Å². The molecule has 5 nitrogen and oxygen atoms in total. The van der Waals surface area contributed by atoms with Crippen molar-refractivity contribution in [3.8, 4) is 5.75 Å². The molecule has 0 spiro atoms. The summed E-state index contributed by atoms with van der Waals surface area (Å²) < 4.78 is 6.04. The van der Waals surface area contributed by atoms with Gasteiger partial charge in [0.1, 0.15) is 11.8 Å². The van der Waals surface area contributed by atoms with E-state index in [0.717, 1.165) is 21.9 Å². The van der Waals surface area contributed by atoms with Crippen LogP contribution in [0.4, 0.5) is 0 Å². The van der Waals surface area contributed by atoms with Crippen LogP contribution in [0, 0.1) is 0 Å². The summed E-state index contributed by atoms with van der Waals surface area (Å²) in [5.74, 6) is 0.132. The molecule has 4 rings (SSSR count). The Kier molecular flexibility index (Phi) is 8.81. The Bertz CT molecular complexity index is 1350. The summed E-state index contributed by atoms with van der Waals surface area (Å²) in [4.78, 5) is 28.8. The highest BCUT2D eigenvalue weighted by Crippen LogP contribution is 2.25.